The molecule has 1 saturated carbocycles. The molecule has 1 aliphatic carbocycles. The molecule has 9 heteroatoms. The Morgan fingerprint density at radius 1 is 1.03 bits per heavy atom. The van der Waals surface area contributed by atoms with Gasteiger partial charge in [-0.3, -0.25) is 18.7 Å². The second-order valence-corrected chi connectivity index (χ2v) is 9.01. The van der Waals surface area contributed by atoms with Gasteiger partial charge in [0, 0.05) is 29.7 Å². The fourth-order valence-electron chi connectivity index (χ4n) is 3.84. The average Bonchev–Trinajstić information content (AvgIpc) is 3.61. The molecule has 0 radical (unpaired) electrons. The van der Waals surface area contributed by atoms with Crippen LogP contribution in [0.3, 0.4) is 0 Å². The number of fused-ring (bicyclic) bond motifs is 1. The normalized spacial score (nSPS) is 13.4. The number of hydrogen-bond acceptors (Lipinski definition) is 6. The lowest BCUT2D eigenvalue weighted by Crippen LogP contribution is -2.41. The van der Waals surface area contributed by atoms with Crippen LogP contribution in [0.4, 0.5) is 5.69 Å². The van der Waals surface area contributed by atoms with Crippen molar-refractivity contribution in [2.24, 2.45) is 7.05 Å². The first-order chi connectivity index (χ1) is 15.8. The van der Waals surface area contributed by atoms with Crippen LogP contribution in [-0.4, -0.2) is 13.7 Å². The molecular weight excluding hydrogens is 440 g/mol. The Balaban J connectivity index is 1.80. The van der Waals surface area contributed by atoms with Gasteiger partial charge in [0.25, 0.3) is 11.1 Å². The predicted octanol–water partition coefficient (Wildman–Crippen LogP) is 3.16. The first-order valence-electron chi connectivity index (χ1n) is 10.5. The predicted molar refractivity (Wildman–Crippen MR) is 129 cm³/mol. The van der Waals surface area contributed by atoms with Gasteiger partial charge in [-0.05, 0) is 50.1 Å². The smallest absolute Gasteiger partial charge is 0.337 e. The van der Waals surface area contributed by atoms with Crippen LogP contribution in [0, 0.1) is 6.92 Å². The minimum absolute atomic E-state index is 0.121. The van der Waals surface area contributed by atoms with E-state index in [0.717, 1.165) is 35.3 Å². The summed E-state index contributed by atoms with van der Waals surface area (Å²) in [5, 5.41) is 0.172. The summed E-state index contributed by atoms with van der Waals surface area (Å²) in [6, 6.07) is 15.6. The quantitative estimate of drug-likeness (QED) is 0.361. The van der Waals surface area contributed by atoms with Crippen LogP contribution in [0.25, 0.3) is 16.7 Å². The molecule has 5 rings (SSSR count). The third kappa shape index (κ3) is 3.74. The van der Waals surface area contributed by atoms with Crippen molar-refractivity contribution in [3.63, 3.8) is 0 Å². The molecule has 2 aromatic carbocycles. The zero-order valence-electron chi connectivity index (χ0n) is 18.1. The van der Waals surface area contributed by atoms with Crippen LogP contribution in [0.5, 0.6) is 5.75 Å². The van der Waals surface area contributed by atoms with Gasteiger partial charge in [0.05, 0.1) is 17.7 Å². The number of nitrogen functional groups attached to an aromatic ring is 1. The number of nitrogens with zero attached hydrogens (tertiary/aromatic N) is 3. The molecule has 33 heavy (non-hydrogen) atoms. The van der Waals surface area contributed by atoms with Gasteiger partial charge in [0.15, 0.2) is 5.75 Å². The van der Waals surface area contributed by atoms with E-state index in [1.807, 2.05) is 31.2 Å². The number of benzene rings is 2. The highest BCUT2D eigenvalue weighted by Gasteiger charge is 2.31. The van der Waals surface area contributed by atoms with Crippen molar-refractivity contribution in [2.75, 3.05) is 5.73 Å². The molecule has 0 atom stereocenters. The van der Waals surface area contributed by atoms with E-state index in [9.17, 15) is 14.4 Å². The van der Waals surface area contributed by atoms with E-state index in [1.54, 1.807) is 24.3 Å². The Hall–Kier alpha value is -3.72. The molecule has 2 aromatic heterocycles. The van der Waals surface area contributed by atoms with Crippen LogP contribution in [-0.2, 0) is 7.05 Å². The molecule has 0 spiro atoms. The Morgan fingerprint density at radius 3 is 2.42 bits per heavy atom. The molecule has 0 bridgehead atoms. The molecule has 8 nitrogen and oxygen atoms in total. The van der Waals surface area contributed by atoms with Crippen molar-refractivity contribution in [2.45, 2.75) is 30.7 Å². The van der Waals surface area contributed by atoms with Crippen molar-refractivity contribution in [3.05, 3.63) is 91.4 Å². The summed E-state index contributed by atoms with van der Waals surface area (Å²) in [6.07, 6.45) is 1.50. The lowest BCUT2D eigenvalue weighted by molar-refractivity contribution is 0.618. The molecule has 1 fully saturated rings. The first kappa shape index (κ1) is 21.1. The van der Waals surface area contributed by atoms with Crippen molar-refractivity contribution in [3.8, 4) is 11.4 Å². The minimum atomic E-state index is -0.501. The van der Waals surface area contributed by atoms with Crippen molar-refractivity contribution < 1.29 is 4.18 Å². The maximum Gasteiger partial charge on any atom is 0.337 e. The van der Waals surface area contributed by atoms with Crippen LogP contribution in [0.2, 0.25) is 0 Å². The number of pyridine rings is 1. The topological polar surface area (TPSA) is 101 Å². The SMILES string of the molecule is Cc1ccc(SOc2cc(=O)n(C)c3c2c(=O)n(C2CC2)c(=O)n3-c2cccc(N)c2)cc1. The van der Waals surface area contributed by atoms with Crippen LogP contribution in [0.15, 0.2) is 73.9 Å². The Kier molecular flexibility index (Phi) is 5.13. The van der Waals surface area contributed by atoms with Crippen LogP contribution in [0.1, 0.15) is 24.4 Å². The zero-order valence-corrected chi connectivity index (χ0v) is 19.0. The van der Waals surface area contributed by atoms with E-state index in [-0.39, 0.29) is 22.8 Å². The molecule has 168 valence electrons. The molecule has 4 aromatic rings. The Labute approximate surface area is 193 Å². The van der Waals surface area contributed by atoms with Crippen LogP contribution < -0.4 is 26.7 Å². The standard InChI is InChI=1S/C24H22N4O4S/c1-14-6-10-18(11-7-14)33-32-19-13-20(29)26(2)22-21(19)23(30)28(16-8-9-16)24(31)27(22)17-5-3-4-15(25)12-17/h3-7,10-13,16H,8-9,25H2,1-2H3. The minimum Gasteiger partial charge on any atom is -0.419 e. The van der Waals surface area contributed by atoms with Gasteiger partial charge in [-0.2, -0.15) is 0 Å². The Bertz CT molecular complexity index is 1560. The third-order valence-corrected chi connectivity index (χ3v) is 6.43. The Morgan fingerprint density at radius 2 is 1.76 bits per heavy atom. The van der Waals surface area contributed by atoms with Gasteiger partial charge in [-0.15, -0.1) is 0 Å². The molecule has 2 heterocycles. The fraction of sp³-hybridized carbons (Fsp3) is 0.208. The maximum absolute atomic E-state index is 13.5. The highest BCUT2D eigenvalue weighted by molar-refractivity contribution is 7.95. The number of rotatable bonds is 5. The van der Waals surface area contributed by atoms with Crippen molar-refractivity contribution in [1.29, 1.82) is 0 Å². The number of nitrogens with two attached hydrogens (primary N) is 1. The number of aromatic nitrogens is 3. The fourth-order valence-corrected chi connectivity index (χ4v) is 4.40. The highest BCUT2D eigenvalue weighted by atomic mass is 32.2. The highest BCUT2D eigenvalue weighted by Crippen LogP contribution is 2.34. The molecule has 0 amide bonds. The van der Waals surface area contributed by atoms with E-state index >= 15 is 0 Å². The first-order valence-corrected chi connectivity index (χ1v) is 11.3. The summed E-state index contributed by atoms with van der Waals surface area (Å²) in [6.45, 7) is 1.99. The summed E-state index contributed by atoms with van der Waals surface area (Å²) < 4.78 is 9.85. The molecular formula is C24H22N4O4S. The maximum atomic E-state index is 13.5. The van der Waals surface area contributed by atoms with E-state index in [0.29, 0.717) is 11.4 Å². The largest absolute Gasteiger partial charge is 0.419 e. The van der Waals surface area contributed by atoms with Gasteiger partial charge in [-0.1, -0.05) is 23.8 Å². The van der Waals surface area contributed by atoms with E-state index in [1.165, 1.54) is 26.8 Å². The molecule has 0 saturated heterocycles. The zero-order chi connectivity index (χ0) is 23.3. The lowest BCUT2D eigenvalue weighted by Gasteiger charge is -2.18. The van der Waals surface area contributed by atoms with Gasteiger partial charge < -0.3 is 9.92 Å². The summed E-state index contributed by atoms with van der Waals surface area (Å²) in [4.78, 5) is 40.7. The second-order valence-electron chi connectivity index (χ2n) is 8.20. The summed E-state index contributed by atoms with van der Waals surface area (Å²) in [7, 11) is 1.53. The summed E-state index contributed by atoms with van der Waals surface area (Å²) in [5.74, 6) is 0.121. The second kappa shape index (κ2) is 8.00. The monoisotopic (exact) mass is 462 g/mol. The van der Waals surface area contributed by atoms with Crippen molar-refractivity contribution >= 4 is 28.8 Å². The van der Waals surface area contributed by atoms with E-state index in [2.05, 4.69) is 0 Å². The number of aryl methyl sites for hydroxylation is 2. The van der Waals surface area contributed by atoms with E-state index < -0.39 is 16.8 Å². The van der Waals surface area contributed by atoms with Gasteiger partial charge in [0.2, 0.25) is 0 Å². The van der Waals surface area contributed by atoms with Gasteiger partial charge in [-0.25, -0.2) is 9.36 Å². The summed E-state index contributed by atoms with van der Waals surface area (Å²) in [5.41, 5.74) is 6.81. The molecule has 0 aliphatic heterocycles. The molecule has 1 aliphatic rings. The number of anilines is 1. The molecule has 0 unspecified atom stereocenters. The van der Waals surface area contributed by atoms with Gasteiger partial charge in [0.1, 0.15) is 11.0 Å². The summed E-state index contributed by atoms with van der Waals surface area (Å²) >= 11 is 1.05. The van der Waals surface area contributed by atoms with E-state index in [4.69, 9.17) is 9.92 Å². The average molecular weight is 463 g/mol. The van der Waals surface area contributed by atoms with Crippen molar-refractivity contribution in [1.82, 2.24) is 13.7 Å². The number of hydrogen-bond donors (Lipinski definition) is 1. The van der Waals surface area contributed by atoms with Crippen LogP contribution >= 0.6 is 12.0 Å². The lowest BCUT2D eigenvalue weighted by atomic mass is 10.2. The molecule has 2 N–H and O–H groups in total. The third-order valence-electron chi connectivity index (χ3n) is 5.70. The van der Waals surface area contributed by atoms with Gasteiger partial charge >= 0.3 is 5.69 Å².